The van der Waals surface area contributed by atoms with Crippen molar-refractivity contribution in [2.45, 2.75) is 6.54 Å². The SMILES string of the molecule is CN(CC(=O)N1CCNCC1)Cc1ccccc1F.Cl. The van der Waals surface area contributed by atoms with Crippen LogP contribution in [0.4, 0.5) is 4.39 Å². The van der Waals surface area contributed by atoms with Crippen molar-refractivity contribution in [3.63, 3.8) is 0 Å². The number of hydrogen-bond acceptors (Lipinski definition) is 3. The highest BCUT2D eigenvalue weighted by Gasteiger charge is 2.17. The average molecular weight is 302 g/mol. The first kappa shape index (κ1) is 16.9. The zero-order valence-corrected chi connectivity index (χ0v) is 12.5. The van der Waals surface area contributed by atoms with Crippen LogP contribution in [0.2, 0.25) is 0 Å². The van der Waals surface area contributed by atoms with Crippen molar-refractivity contribution < 1.29 is 9.18 Å². The summed E-state index contributed by atoms with van der Waals surface area (Å²) in [5, 5.41) is 3.21. The maximum absolute atomic E-state index is 13.5. The molecule has 0 aliphatic carbocycles. The average Bonchev–Trinajstić information content (AvgIpc) is 2.42. The summed E-state index contributed by atoms with van der Waals surface area (Å²) in [4.78, 5) is 15.8. The lowest BCUT2D eigenvalue weighted by Crippen LogP contribution is -2.49. The Hall–Kier alpha value is -1.17. The second-order valence-electron chi connectivity index (χ2n) is 4.89. The molecule has 1 aromatic rings. The van der Waals surface area contributed by atoms with Crippen molar-refractivity contribution in [2.24, 2.45) is 0 Å². The van der Waals surface area contributed by atoms with Crippen LogP contribution in [0.5, 0.6) is 0 Å². The minimum atomic E-state index is -0.219. The lowest BCUT2D eigenvalue weighted by Gasteiger charge is -2.29. The first-order valence-electron chi connectivity index (χ1n) is 6.57. The minimum absolute atomic E-state index is 0. The largest absolute Gasteiger partial charge is 0.339 e. The molecule has 112 valence electrons. The van der Waals surface area contributed by atoms with Crippen molar-refractivity contribution in [1.82, 2.24) is 15.1 Å². The van der Waals surface area contributed by atoms with E-state index in [2.05, 4.69) is 5.32 Å². The maximum Gasteiger partial charge on any atom is 0.236 e. The molecule has 0 spiro atoms. The number of nitrogens with zero attached hydrogens (tertiary/aromatic N) is 2. The van der Waals surface area contributed by atoms with E-state index < -0.39 is 0 Å². The molecule has 2 rings (SSSR count). The summed E-state index contributed by atoms with van der Waals surface area (Å²) in [7, 11) is 1.84. The van der Waals surface area contributed by atoms with Crippen molar-refractivity contribution in [3.05, 3.63) is 35.6 Å². The second kappa shape index (κ2) is 8.19. The van der Waals surface area contributed by atoms with Crippen molar-refractivity contribution in [3.8, 4) is 0 Å². The van der Waals surface area contributed by atoms with Crippen LogP contribution in [-0.2, 0) is 11.3 Å². The van der Waals surface area contributed by atoms with E-state index in [1.54, 1.807) is 12.1 Å². The van der Waals surface area contributed by atoms with Crippen LogP contribution in [0, 0.1) is 5.82 Å². The van der Waals surface area contributed by atoms with E-state index in [1.165, 1.54) is 6.07 Å². The van der Waals surface area contributed by atoms with Crippen LogP contribution in [-0.4, -0.2) is 55.5 Å². The van der Waals surface area contributed by atoms with Crippen LogP contribution in [0.25, 0.3) is 0 Å². The number of carbonyl (C=O) groups excluding carboxylic acids is 1. The van der Waals surface area contributed by atoms with E-state index in [9.17, 15) is 9.18 Å². The van der Waals surface area contributed by atoms with Gasteiger partial charge in [0.2, 0.25) is 5.91 Å². The van der Waals surface area contributed by atoms with Crippen LogP contribution >= 0.6 is 12.4 Å². The van der Waals surface area contributed by atoms with Gasteiger partial charge in [-0.3, -0.25) is 9.69 Å². The van der Waals surface area contributed by atoms with Crippen molar-refractivity contribution in [1.29, 1.82) is 0 Å². The Balaban J connectivity index is 0.00000200. The molecular formula is C14H21ClFN3O. The van der Waals surface area contributed by atoms with Crippen LogP contribution in [0.15, 0.2) is 24.3 Å². The summed E-state index contributed by atoms with van der Waals surface area (Å²) in [5.41, 5.74) is 0.623. The highest BCUT2D eigenvalue weighted by atomic mass is 35.5. The van der Waals surface area contributed by atoms with Gasteiger partial charge in [-0.25, -0.2) is 4.39 Å². The molecule has 0 aromatic heterocycles. The van der Waals surface area contributed by atoms with Gasteiger partial charge in [-0.1, -0.05) is 18.2 Å². The van der Waals surface area contributed by atoms with Gasteiger partial charge in [-0.15, -0.1) is 12.4 Å². The van der Waals surface area contributed by atoms with Gasteiger partial charge < -0.3 is 10.2 Å². The molecule has 0 radical (unpaired) electrons. The Kier molecular flexibility index (Phi) is 6.91. The topological polar surface area (TPSA) is 35.6 Å². The Morgan fingerprint density at radius 2 is 2.00 bits per heavy atom. The highest BCUT2D eigenvalue weighted by molar-refractivity contribution is 5.85. The number of piperazine rings is 1. The standard InChI is InChI=1S/C14H20FN3O.ClH/c1-17(10-12-4-2-3-5-13(12)15)11-14(19)18-8-6-16-7-9-18;/h2-5,16H,6-11H2,1H3;1H. The molecule has 1 amide bonds. The number of carbonyl (C=O) groups is 1. The lowest BCUT2D eigenvalue weighted by atomic mass is 10.2. The molecule has 0 unspecified atom stereocenters. The number of likely N-dealkylation sites (N-methyl/N-ethyl adjacent to an activating group) is 1. The van der Waals surface area contributed by atoms with Crippen LogP contribution in [0.1, 0.15) is 5.56 Å². The van der Waals surface area contributed by atoms with E-state index in [1.807, 2.05) is 22.9 Å². The number of halogens is 2. The van der Waals surface area contributed by atoms with Gasteiger partial charge in [0.25, 0.3) is 0 Å². The molecule has 20 heavy (non-hydrogen) atoms. The normalized spacial score (nSPS) is 15.1. The van der Waals surface area contributed by atoms with Gasteiger partial charge >= 0.3 is 0 Å². The molecule has 1 heterocycles. The molecule has 1 N–H and O–H groups in total. The molecule has 1 saturated heterocycles. The van der Waals surface area contributed by atoms with Crippen molar-refractivity contribution >= 4 is 18.3 Å². The summed E-state index contributed by atoms with van der Waals surface area (Å²) >= 11 is 0. The Labute approximate surface area is 125 Å². The second-order valence-corrected chi connectivity index (χ2v) is 4.89. The van der Waals surface area contributed by atoms with Gasteiger partial charge in [0.15, 0.2) is 0 Å². The number of benzene rings is 1. The zero-order chi connectivity index (χ0) is 13.7. The molecule has 1 fully saturated rings. The number of amides is 1. The monoisotopic (exact) mass is 301 g/mol. The predicted octanol–water partition coefficient (Wildman–Crippen LogP) is 1.11. The molecule has 0 atom stereocenters. The smallest absolute Gasteiger partial charge is 0.236 e. The summed E-state index contributed by atoms with van der Waals surface area (Å²) < 4.78 is 13.5. The van der Waals surface area contributed by atoms with E-state index in [0.717, 1.165) is 26.2 Å². The fourth-order valence-electron chi connectivity index (χ4n) is 2.22. The third kappa shape index (κ3) is 4.74. The molecular weight excluding hydrogens is 281 g/mol. The molecule has 4 nitrogen and oxygen atoms in total. The summed E-state index contributed by atoms with van der Waals surface area (Å²) in [6.07, 6.45) is 0. The Bertz CT molecular complexity index is 438. The number of hydrogen-bond donors (Lipinski definition) is 1. The third-order valence-corrected chi connectivity index (χ3v) is 3.27. The Morgan fingerprint density at radius 3 is 2.65 bits per heavy atom. The minimum Gasteiger partial charge on any atom is -0.339 e. The fourth-order valence-corrected chi connectivity index (χ4v) is 2.22. The van der Waals surface area contributed by atoms with Gasteiger partial charge in [0.1, 0.15) is 5.82 Å². The molecule has 1 aliphatic rings. The van der Waals surface area contributed by atoms with E-state index in [0.29, 0.717) is 18.7 Å². The van der Waals surface area contributed by atoms with Gasteiger partial charge in [-0.05, 0) is 13.1 Å². The van der Waals surface area contributed by atoms with E-state index in [-0.39, 0.29) is 24.1 Å². The molecule has 0 saturated carbocycles. The zero-order valence-electron chi connectivity index (χ0n) is 11.6. The lowest BCUT2D eigenvalue weighted by molar-refractivity contribution is -0.132. The Morgan fingerprint density at radius 1 is 1.35 bits per heavy atom. The molecule has 1 aliphatic heterocycles. The maximum atomic E-state index is 13.5. The first-order chi connectivity index (χ1) is 9.16. The summed E-state index contributed by atoms with van der Waals surface area (Å²) in [5.74, 6) is -0.107. The molecule has 6 heteroatoms. The van der Waals surface area contributed by atoms with Gasteiger partial charge in [-0.2, -0.15) is 0 Å². The quantitative estimate of drug-likeness (QED) is 0.905. The van der Waals surface area contributed by atoms with Gasteiger partial charge in [0.05, 0.1) is 6.54 Å². The van der Waals surface area contributed by atoms with Crippen LogP contribution < -0.4 is 5.32 Å². The summed E-state index contributed by atoms with van der Waals surface area (Å²) in [6, 6.07) is 6.68. The first-order valence-corrected chi connectivity index (χ1v) is 6.57. The number of rotatable bonds is 4. The molecule has 1 aromatic carbocycles. The highest BCUT2D eigenvalue weighted by Crippen LogP contribution is 2.09. The molecule has 0 bridgehead atoms. The predicted molar refractivity (Wildman–Crippen MR) is 79.4 cm³/mol. The van der Waals surface area contributed by atoms with E-state index in [4.69, 9.17) is 0 Å². The van der Waals surface area contributed by atoms with E-state index >= 15 is 0 Å². The number of nitrogens with one attached hydrogen (secondary N) is 1. The summed E-state index contributed by atoms with van der Waals surface area (Å²) in [6.45, 7) is 3.99. The van der Waals surface area contributed by atoms with Crippen LogP contribution in [0.3, 0.4) is 0 Å². The van der Waals surface area contributed by atoms with Gasteiger partial charge in [0, 0.05) is 38.3 Å². The third-order valence-electron chi connectivity index (χ3n) is 3.27. The fraction of sp³-hybridized carbons (Fsp3) is 0.500. The van der Waals surface area contributed by atoms with Crippen molar-refractivity contribution in [2.75, 3.05) is 39.8 Å².